The highest BCUT2D eigenvalue weighted by atomic mass is 19.1. The molecule has 82 valence electrons. The summed E-state index contributed by atoms with van der Waals surface area (Å²) in [6.45, 7) is 0.298. The fourth-order valence-electron chi connectivity index (χ4n) is 1.26. The third kappa shape index (κ3) is 3.32. The molecular formula is C11H14FNO2. The first kappa shape index (κ1) is 11.7. The Kier molecular flexibility index (Phi) is 3.80. The number of carboxylic acid groups (broad SMARTS) is 1. The van der Waals surface area contributed by atoms with Crippen LogP contribution in [0, 0.1) is 0 Å². The molecule has 0 radical (unpaired) electrons. The molecule has 0 saturated carbocycles. The van der Waals surface area contributed by atoms with Crippen molar-refractivity contribution in [3.8, 4) is 0 Å². The molecule has 1 unspecified atom stereocenters. The smallest absolute Gasteiger partial charge is 0.335 e. The highest BCUT2D eigenvalue weighted by molar-refractivity contribution is 5.87. The summed E-state index contributed by atoms with van der Waals surface area (Å²) in [5, 5.41) is 8.66. The Morgan fingerprint density at radius 1 is 1.40 bits per heavy atom. The highest BCUT2D eigenvalue weighted by Gasteiger charge is 2.11. The Morgan fingerprint density at radius 2 is 1.93 bits per heavy atom. The van der Waals surface area contributed by atoms with Gasteiger partial charge in [0.25, 0.3) is 0 Å². The van der Waals surface area contributed by atoms with Gasteiger partial charge in [-0.05, 0) is 31.8 Å². The third-order valence-corrected chi connectivity index (χ3v) is 2.04. The number of alkyl halides is 1. The molecule has 0 amide bonds. The largest absolute Gasteiger partial charge is 0.478 e. The summed E-state index contributed by atoms with van der Waals surface area (Å²) in [4.78, 5) is 12.3. The zero-order valence-electron chi connectivity index (χ0n) is 8.77. The van der Waals surface area contributed by atoms with Crippen LogP contribution in [-0.4, -0.2) is 36.6 Å². The normalized spacial score (nSPS) is 12.8. The number of likely N-dealkylation sites (N-methyl/N-ethyl adjacent to an activating group) is 1. The van der Waals surface area contributed by atoms with Crippen molar-refractivity contribution in [3.05, 3.63) is 35.4 Å². The molecule has 0 spiro atoms. The summed E-state index contributed by atoms with van der Waals surface area (Å²) in [5.41, 5.74) is 0.685. The van der Waals surface area contributed by atoms with E-state index < -0.39 is 12.1 Å². The summed E-state index contributed by atoms with van der Waals surface area (Å²) >= 11 is 0. The minimum Gasteiger partial charge on any atom is -0.478 e. The summed E-state index contributed by atoms with van der Waals surface area (Å²) < 4.78 is 13.5. The highest BCUT2D eigenvalue weighted by Crippen LogP contribution is 2.18. The van der Waals surface area contributed by atoms with E-state index in [0.29, 0.717) is 12.1 Å². The van der Waals surface area contributed by atoms with Crippen LogP contribution in [0.4, 0.5) is 4.39 Å². The third-order valence-electron chi connectivity index (χ3n) is 2.04. The van der Waals surface area contributed by atoms with Gasteiger partial charge in [-0.2, -0.15) is 0 Å². The van der Waals surface area contributed by atoms with E-state index in [9.17, 15) is 9.18 Å². The van der Waals surface area contributed by atoms with E-state index >= 15 is 0 Å². The summed E-state index contributed by atoms with van der Waals surface area (Å²) in [6.07, 6.45) is -1.08. The minimum absolute atomic E-state index is 0.177. The molecule has 4 heteroatoms. The maximum Gasteiger partial charge on any atom is 0.335 e. The van der Waals surface area contributed by atoms with Crippen LogP contribution in [0.3, 0.4) is 0 Å². The minimum atomic E-state index is -1.08. The topological polar surface area (TPSA) is 40.5 Å². The number of carboxylic acids is 1. The lowest BCUT2D eigenvalue weighted by molar-refractivity contribution is 0.0697. The van der Waals surface area contributed by atoms with Crippen molar-refractivity contribution >= 4 is 5.97 Å². The summed E-state index contributed by atoms with van der Waals surface area (Å²) in [7, 11) is 3.58. The summed E-state index contributed by atoms with van der Waals surface area (Å²) in [6, 6.07) is 5.86. The quantitative estimate of drug-likeness (QED) is 0.827. The Balaban J connectivity index is 2.75. The van der Waals surface area contributed by atoms with E-state index in [1.54, 1.807) is 19.0 Å². The maximum atomic E-state index is 13.5. The van der Waals surface area contributed by atoms with Crippen LogP contribution in [0.1, 0.15) is 22.1 Å². The van der Waals surface area contributed by atoms with Crippen molar-refractivity contribution in [2.24, 2.45) is 0 Å². The van der Waals surface area contributed by atoms with Gasteiger partial charge in [0.2, 0.25) is 0 Å². The average molecular weight is 211 g/mol. The predicted octanol–water partition coefficient (Wildman–Crippen LogP) is 1.96. The number of hydrogen-bond donors (Lipinski definition) is 1. The van der Waals surface area contributed by atoms with Crippen LogP contribution in [0.2, 0.25) is 0 Å². The molecule has 3 nitrogen and oxygen atoms in total. The number of rotatable bonds is 4. The predicted molar refractivity (Wildman–Crippen MR) is 55.8 cm³/mol. The maximum absolute atomic E-state index is 13.5. The molecule has 15 heavy (non-hydrogen) atoms. The van der Waals surface area contributed by atoms with Gasteiger partial charge in [0.15, 0.2) is 0 Å². The van der Waals surface area contributed by atoms with Crippen LogP contribution in [0.5, 0.6) is 0 Å². The molecule has 0 bridgehead atoms. The lowest BCUT2D eigenvalue weighted by atomic mass is 10.1. The SMILES string of the molecule is CN(C)CC(F)c1ccc(C(=O)O)cc1. The van der Waals surface area contributed by atoms with Gasteiger partial charge in [0, 0.05) is 6.54 Å². The van der Waals surface area contributed by atoms with Crippen LogP contribution in [-0.2, 0) is 0 Å². The molecule has 0 saturated heterocycles. The Morgan fingerprint density at radius 3 is 2.33 bits per heavy atom. The van der Waals surface area contributed by atoms with Crippen molar-refractivity contribution in [1.29, 1.82) is 0 Å². The number of aromatic carboxylic acids is 1. The molecule has 0 aliphatic rings. The lowest BCUT2D eigenvalue weighted by Gasteiger charge is -2.14. The van der Waals surface area contributed by atoms with Gasteiger partial charge >= 0.3 is 5.97 Å². The molecule has 0 aliphatic heterocycles. The fourth-order valence-corrected chi connectivity index (χ4v) is 1.26. The van der Waals surface area contributed by atoms with Gasteiger partial charge in [-0.3, -0.25) is 0 Å². The number of nitrogens with zero attached hydrogens (tertiary/aromatic N) is 1. The van der Waals surface area contributed by atoms with E-state index in [1.165, 1.54) is 24.3 Å². The standard InChI is InChI=1S/C11H14FNO2/c1-13(2)7-10(12)8-3-5-9(6-4-8)11(14)15/h3-6,10H,7H2,1-2H3,(H,14,15). The zero-order valence-corrected chi connectivity index (χ0v) is 8.77. The van der Waals surface area contributed by atoms with Gasteiger partial charge in [-0.25, -0.2) is 9.18 Å². The Hall–Kier alpha value is -1.42. The van der Waals surface area contributed by atoms with Gasteiger partial charge in [-0.1, -0.05) is 12.1 Å². The van der Waals surface area contributed by atoms with Gasteiger partial charge in [-0.15, -0.1) is 0 Å². The molecule has 1 rings (SSSR count). The Bertz CT molecular complexity index is 335. The van der Waals surface area contributed by atoms with Crippen molar-refractivity contribution in [2.45, 2.75) is 6.17 Å². The van der Waals surface area contributed by atoms with Crippen molar-refractivity contribution in [2.75, 3.05) is 20.6 Å². The monoisotopic (exact) mass is 211 g/mol. The molecule has 1 aromatic carbocycles. The molecule has 1 atom stereocenters. The van der Waals surface area contributed by atoms with E-state index in [4.69, 9.17) is 5.11 Å². The number of hydrogen-bond acceptors (Lipinski definition) is 2. The number of halogens is 1. The molecule has 0 heterocycles. The van der Waals surface area contributed by atoms with Crippen LogP contribution in [0.15, 0.2) is 24.3 Å². The molecule has 1 aromatic rings. The van der Waals surface area contributed by atoms with E-state index in [-0.39, 0.29) is 5.56 Å². The molecule has 0 aromatic heterocycles. The first-order valence-electron chi connectivity index (χ1n) is 4.62. The number of benzene rings is 1. The Labute approximate surface area is 88.1 Å². The van der Waals surface area contributed by atoms with Crippen molar-refractivity contribution in [3.63, 3.8) is 0 Å². The molecule has 0 aliphatic carbocycles. The zero-order chi connectivity index (χ0) is 11.4. The average Bonchev–Trinajstić information content (AvgIpc) is 2.17. The molecular weight excluding hydrogens is 197 g/mol. The van der Waals surface area contributed by atoms with Crippen molar-refractivity contribution < 1.29 is 14.3 Å². The van der Waals surface area contributed by atoms with Crippen molar-refractivity contribution in [1.82, 2.24) is 4.90 Å². The summed E-state index contributed by atoms with van der Waals surface area (Å²) in [5.74, 6) is -0.996. The molecule has 0 fully saturated rings. The van der Waals surface area contributed by atoms with Crippen LogP contribution < -0.4 is 0 Å². The van der Waals surface area contributed by atoms with E-state index in [0.717, 1.165) is 0 Å². The first-order chi connectivity index (χ1) is 7.00. The van der Waals surface area contributed by atoms with E-state index in [1.807, 2.05) is 0 Å². The number of carbonyl (C=O) groups is 1. The second-order valence-corrected chi connectivity index (χ2v) is 3.66. The van der Waals surface area contributed by atoms with Crippen LogP contribution >= 0.6 is 0 Å². The second kappa shape index (κ2) is 4.89. The first-order valence-corrected chi connectivity index (χ1v) is 4.62. The van der Waals surface area contributed by atoms with E-state index in [2.05, 4.69) is 0 Å². The molecule has 1 N–H and O–H groups in total. The van der Waals surface area contributed by atoms with Gasteiger partial charge in [0.05, 0.1) is 5.56 Å². The van der Waals surface area contributed by atoms with Gasteiger partial charge < -0.3 is 10.0 Å². The fraction of sp³-hybridized carbons (Fsp3) is 0.364. The second-order valence-electron chi connectivity index (χ2n) is 3.66. The lowest BCUT2D eigenvalue weighted by Crippen LogP contribution is -2.17. The van der Waals surface area contributed by atoms with Crippen LogP contribution in [0.25, 0.3) is 0 Å². The van der Waals surface area contributed by atoms with Gasteiger partial charge in [0.1, 0.15) is 6.17 Å².